The van der Waals surface area contributed by atoms with Crippen LogP contribution in [0.15, 0.2) is 28.7 Å². The highest BCUT2D eigenvalue weighted by Gasteiger charge is 2.39. The monoisotopic (exact) mass is 329 g/mol. The number of halogens is 1. The highest BCUT2D eigenvalue weighted by molar-refractivity contribution is 9.10. The molecule has 2 amide bonds. The maximum atomic E-state index is 12.1. The van der Waals surface area contributed by atoms with E-state index in [2.05, 4.69) is 15.9 Å². The van der Waals surface area contributed by atoms with Gasteiger partial charge in [-0.3, -0.25) is 9.59 Å². The number of aliphatic hydroxyl groups is 1. The largest absolute Gasteiger partial charge is 0.396 e. The van der Waals surface area contributed by atoms with Gasteiger partial charge < -0.3 is 5.11 Å². The summed E-state index contributed by atoms with van der Waals surface area (Å²) in [5.74, 6) is 0.0937. The molecule has 1 aromatic rings. The Kier molecular flexibility index (Phi) is 4.42. The summed E-state index contributed by atoms with van der Waals surface area (Å²) in [6.45, 7) is 0.0148. The summed E-state index contributed by atoms with van der Waals surface area (Å²) in [7, 11) is 0. The average molecular weight is 330 g/mol. The fourth-order valence-corrected chi connectivity index (χ4v) is 2.95. The van der Waals surface area contributed by atoms with E-state index in [1.807, 2.05) is 0 Å². The summed E-state index contributed by atoms with van der Waals surface area (Å²) < 4.78 is 0.900. The van der Waals surface area contributed by atoms with Crippen LogP contribution in [-0.4, -0.2) is 34.5 Å². The van der Waals surface area contributed by atoms with Crippen molar-refractivity contribution in [3.63, 3.8) is 0 Å². The van der Waals surface area contributed by atoms with Crippen LogP contribution in [0.4, 0.5) is 5.69 Å². The third-order valence-electron chi connectivity index (χ3n) is 2.60. The van der Waals surface area contributed by atoms with Crippen molar-refractivity contribution in [2.24, 2.45) is 0 Å². The second kappa shape index (κ2) is 5.86. The number of amides is 2. The van der Waals surface area contributed by atoms with Crippen LogP contribution in [0.25, 0.3) is 0 Å². The minimum Gasteiger partial charge on any atom is -0.396 e. The van der Waals surface area contributed by atoms with Crippen molar-refractivity contribution in [2.45, 2.75) is 11.7 Å². The predicted octanol–water partition coefficient (Wildman–Crippen LogP) is 1.81. The van der Waals surface area contributed by atoms with Crippen LogP contribution in [0.1, 0.15) is 6.42 Å². The fourth-order valence-electron chi connectivity index (χ4n) is 1.79. The van der Waals surface area contributed by atoms with E-state index in [1.165, 1.54) is 16.7 Å². The van der Waals surface area contributed by atoms with Gasteiger partial charge in [-0.1, -0.05) is 15.9 Å². The third-order valence-corrected chi connectivity index (χ3v) is 4.32. The number of thioether (sulfide) groups is 1. The van der Waals surface area contributed by atoms with Gasteiger partial charge in [-0.15, -0.1) is 11.8 Å². The van der Waals surface area contributed by atoms with Crippen molar-refractivity contribution in [3.8, 4) is 0 Å². The van der Waals surface area contributed by atoms with Crippen LogP contribution >= 0.6 is 27.7 Å². The molecule has 0 unspecified atom stereocenters. The van der Waals surface area contributed by atoms with E-state index in [9.17, 15) is 9.59 Å². The van der Waals surface area contributed by atoms with Gasteiger partial charge in [0.25, 0.3) is 0 Å². The van der Waals surface area contributed by atoms with Crippen LogP contribution in [0, 0.1) is 0 Å². The predicted molar refractivity (Wildman–Crippen MR) is 74.6 cm³/mol. The van der Waals surface area contributed by atoms with E-state index in [4.69, 9.17) is 5.11 Å². The zero-order valence-corrected chi connectivity index (χ0v) is 11.9. The van der Waals surface area contributed by atoms with Gasteiger partial charge in [0.2, 0.25) is 11.8 Å². The molecule has 0 spiro atoms. The van der Waals surface area contributed by atoms with Crippen molar-refractivity contribution >= 4 is 45.2 Å². The Morgan fingerprint density at radius 1 is 1.33 bits per heavy atom. The van der Waals surface area contributed by atoms with Crippen molar-refractivity contribution in [2.75, 3.05) is 17.3 Å². The molecule has 0 aromatic heterocycles. The molecule has 6 heteroatoms. The van der Waals surface area contributed by atoms with Crippen LogP contribution in [-0.2, 0) is 9.59 Å². The Morgan fingerprint density at radius 2 is 2.00 bits per heavy atom. The highest BCUT2D eigenvalue weighted by atomic mass is 79.9. The Morgan fingerprint density at radius 3 is 2.61 bits per heavy atom. The molecule has 1 aliphatic rings. The van der Waals surface area contributed by atoms with Crippen molar-refractivity contribution in [3.05, 3.63) is 28.7 Å². The Hall–Kier alpha value is -0.850. The van der Waals surface area contributed by atoms with Gasteiger partial charge in [-0.2, -0.15) is 0 Å². The van der Waals surface area contributed by atoms with Crippen LogP contribution in [0.3, 0.4) is 0 Å². The third kappa shape index (κ3) is 2.76. The summed E-state index contributed by atoms with van der Waals surface area (Å²) in [5.41, 5.74) is 0.597. The number of benzene rings is 1. The molecule has 0 radical (unpaired) electrons. The lowest BCUT2D eigenvalue weighted by Crippen LogP contribution is -2.31. The van der Waals surface area contributed by atoms with Crippen molar-refractivity contribution in [1.82, 2.24) is 0 Å². The normalized spacial score (nSPS) is 19.7. The summed E-state index contributed by atoms with van der Waals surface area (Å²) in [5, 5.41) is 8.39. The van der Waals surface area contributed by atoms with Crippen LogP contribution in [0.2, 0.25) is 0 Å². The Bertz CT molecular complexity index is 463. The molecule has 1 aliphatic heterocycles. The standard InChI is InChI=1S/C12H12BrNO3S/c13-8-1-3-9(4-2-8)14-11(16)7-10(12(14)17)18-6-5-15/h1-4,10,15H,5-7H2/t10-/m0/s1. The first kappa shape index (κ1) is 13.6. The quantitative estimate of drug-likeness (QED) is 0.856. The first-order valence-corrected chi connectivity index (χ1v) is 7.32. The van der Waals surface area contributed by atoms with E-state index < -0.39 is 0 Å². The maximum absolute atomic E-state index is 12.1. The zero-order chi connectivity index (χ0) is 13.1. The second-order valence-corrected chi connectivity index (χ2v) is 6.06. The number of imide groups is 1. The number of carbonyl (C=O) groups excluding carboxylic acids is 2. The number of hydrogen-bond donors (Lipinski definition) is 1. The van der Waals surface area contributed by atoms with Crippen LogP contribution < -0.4 is 4.90 Å². The van der Waals surface area contributed by atoms with Gasteiger partial charge in [0.05, 0.1) is 17.5 Å². The highest BCUT2D eigenvalue weighted by Crippen LogP contribution is 2.30. The number of carbonyl (C=O) groups is 2. The van der Waals surface area contributed by atoms with E-state index in [1.54, 1.807) is 24.3 Å². The first-order valence-electron chi connectivity index (χ1n) is 5.48. The van der Waals surface area contributed by atoms with E-state index in [0.717, 1.165) is 4.47 Å². The lowest BCUT2D eigenvalue weighted by atomic mass is 10.3. The van der Waals surface area contributed by atoms with Crippen molar-refractivity contribution < 1.29 is 14.7 Å². The molecular weight excluding hydrogens is 318 g/mol. The lowest BCUT2D eigenvalue weighted by molar-refractivity contribution is -0.121. The number of aliphatic hydroxyl groups excluding tert-OH is 1. The first-order chi connectivity index (χ1) is 8.63. The Labute approximate surface area is 117 Å². The van der Waals surface area contributed by atoms with Crippen LogP contribution in [0.5, 0.6) is 0 Å². The van der Waals surface area contributed by atoms with E-state index in [-0.39, 0.29) is 30.1 Å². The summed E-state index contributed by atoms with van der Waals surface area (Å²) in [4.78, 5) is 25.2. The molecule has 0 aliphatic carbocycles. The second-order valence-electron chi connectivity index (χ2n) is 3.83. The summed E-state index contributed by atoms with van der Waals surface area (Å²) in [6, 6.07) is 7.06. The molecule has 0 saturated carbocycles. The molecule has 1 heterocycles. The summed E-state index contributed by atoms with van der Waals surface area (Å²) in [6.07, 6.45) is 0.208. The van der Waals surface area contributed by atoms with Gasteiger partial charge in [-0.25, -0.2) is 4.90 Å². The van der Waals surface area contributed by atoms with Gasteiger partial charge >= 0.3 is 0 Å². The summed E-state index contributed by atoms with van der Waals surface area (Å²) >= 11 is 4.64. The molecule has 1 atom stereocenters. The Balaban J connectivity index is 2.16. The molecule has 2 rings (SSSR count). The van der Waals surface area contributed by atoms with Gasteiger partial charge in [0.15, 0.2) is 0 Å². The molecule has 4 nitrogen and oxygen atoms in total. The fraction of sp³-hybridized carbons (Fsp3) is 0.333. The van der Waals surface area contributed by atoms with Crippen molar-refractivity contribution in [1.29, 1.82) is 0 Å². The molecule has 96 valence electrons. The minimum atomic E-state index is -0.367. The average Bonchev–Trinajstić information content (AvgIpc) is 2.63. The molecule has 1 aromatic carbocycles. The lowest BCUT2D eigenvalue weighted by Gasteiger charge is -2.14. The molecule has 1 saturated heterocycles. The minimum absolute atomic E-state index is 0.0148. The van der Waals surface area contributed by atoms with E-state index in [0.29, 0.717) is 11.4 Å². The van der Waals surface area contributed by atoms with Gasteiger partial charge in [-0.05, 0) is 24.3 Å². The molecule has 0 bridgehead atoms. The van der Waals surface area contributed by atoms with Gasteiger partial charge in [0, 0.05) is 16.6 Å². The molecule has 1 fully saturated rings. The molecule has 1 N–H and O–H groups in total. The van der Waals surface area contributed by atoms with E-state index >= 15 is 0 Å². The number of nitrogens with zero attached hydrogens (tertiary/aromatic N) is 1. The molecular formula is C12H12BrNO3S. The maximum Gasteiger partial charge on any atom is 0.247 e. The number of hydrogen-bond acceptors (Lipinski definition) is 4. The SMILES string of the molecule is O=C1C[C@H](SCCO)C(=O)N1c1ccc(Br)cc1. The molecule has 18 heavy (non-hydrogen) atoms. The van der Waals surface area contributed by atoms with Gasteiger partial charge in [0.1, 0.15) is 0 Å². The smallest absolute Gasteiger partial charge is 0.247 e. The topological polar surface area (TPSA) is 57.6 Å². The number of anilines is 1. The number of rotatable bonds is 4. The zero-order valence-electron chi connectivity index (χ0n) is 9.51.